The first kappa shape index (κ1) is 10.3. The summed E-state index contributed by atoms with van der Waals surface area (Å²) >= 11 is 0. The van der Waals surface area contributed by atoms with Crippen LogP contribution in [-0.4, -0.2) is 30.9 Å². The van der Waals surface area contributed by atoms with Gasteiger partial charge >= 0.3 is 6.09 Å². The Morgan fingerprint density at radius 3 is 2.62 bits per heavy atom. The summed E-state index contributed by atoms with van der Waals surface area (Å²) in [6, 6.07) is 0. The van der Waals surface area contributed by atoms with E-state index < -0.39 is 5.60 Å². The molecule has 0 bridgehead atoms. The third kappa shape index (κ3) is 4.12. The summed E-state index contributed by atoms with van der Waals surface area (Å²) in [7, 11) is 0. The lowest BCUT2D eigenvalue weighted by Gasteiger charge is -2.27. The van der Waals surface area contributed by atoms with Crippen molar-refractivity contribution in [3.05, 3.63) is 0 Å². The Bertz CT molecular complexity index is 182. The van der Waals surface area contributed by atoms with Gasteiger partial charge in [-0.3, -0.25) is 0 Å². The average Bonchev–Trinajstić information content (AvgIpc) is 1.78. The molecule has 0 unspecified atom stereocenters. The van der Waals surface area contributed by atoms with Crippen LogP contribution in [-0.2, 0) is 9.47 Å². The number of rotatable bonds is 2. The van der Waals surface area contributed by atoms with Crippen molar-refractivity contribution in [2.24, 2.45) is 0 Å². The zero-order chi connectivity index (χ0) is 9.90. The van der Waals surface area contributed by atoms with Crippen LogP contribution >= 0.6 is 0 Å². The molecule has 76 valence electrons. The first-order valence-corrected chi connectivity index (χ1v) is 4.56. The van der Waals surface area contributed by atoms with E-state index in [1.165, 1.54) is 0 Å². The minimum atomic E-state index is -0.426. The Morgan fingerprint density at radius 2 is 2.23 bits per heavy atom. The van der Waals surface area contributed by atoms with E-state index in [1.54, 1.807) is 0 Å². The Hall–Kier alpha value is -0.770. The molecule has 0 spiro atoms. The molecular formula is C9H17NO3. The monoisotopic (exact) mass is 187 g/mol. The third-order valence-corrected chi connectivity index (χ3v) is 1.67. The van der Waals surface area contributed by atoms with Crippen LogP contribution in [0.5, 0.6) is 0 Å². The van der Waals surface area contributed by atoms with Gasteiger partial charge in [-0.1, -0.05) is 0 Å². The molecule has 1 aliphatic rings. The number of hydrogen-bond acceptors (Lipinski definition) is 3. The summed E-state index contributed by atoms with van der Waals surface area (Å²) in [5, 5.41) is 2.65. The van der Waals surface area contributed by atoms with Gasteiger partial charge < -0.3 is 14.8 Å². The molecule has 0 aromatic heterocycles. The fraction of sp³-hybridized carbons (Fsp3) is 0.889. The van der Waals surface area contributed by atoms with Crippen molar-refractivity contribution in [3.63, 3.8) is 0 Å². The van der Waals surface area contributed by atoms with Crippen molar-refractivity contribution in [2.75, 3.05) is 13.2 Å². The largest absolute Gasteiger partial charge is 0.444 e. The molecule has 1 aliphatic heterocycles. The molecule has 1 saturated heterocycles. The molecule has 0 saturated carbocycles. The molecular weight excluding hydrogens is 170 g/mol. The molecule has 1 fully saturated rings. The zero-order valence-corrected chi connectivity index (χ0v) is 8.42. The second kappa shape index (κ2) is 3.96. The highest BCUT2D eigenvalue weighted by molar-refractivity contribution is 5.67. The first-order chi connectivity index (χ1) is 5.97. The highest BCUT2D eigenvalue weighted by Crippen LogP contribution is 2.10. The van der Waals surface area contributed by atoms with Gasteiger partial charge in [-0.2, -0.15) is 0 Å². The molecule has 0 aliphatic carbocycles. The van der Waals surface area contributed by atoms with Gasteiger partial charge in [-0.15, -0.1) is 0 Å². The summed E-state index contributed by atoms with van der Waals surface area (Å²) in [6.45, 7) is 6.88. The van der Waals surface area contributed by atoms with Gasteiger partial charge in [0.25, 0.3) is 0 Å². The molecule has 0 aromatic rings. The van der Waals surface area contributed by atoms with E-state index in [0.29, 0.717) is 6.54 Å². The fourth-order valence-corrected chi connectivity index (χ4v) is 0.957. The Labute approximate surface area is 78.6 Å². The molecule has 0 radical (unpaired) electrons. The predicted octanol–water partition coefficient (Wildman–Crippen LogP) is 1.30. The minimum absolute atomic E-state index is 0.188. The number of amides is 1. The van der Waals surface area contributed by atoms with Crippen LogP contribution in [0.15, 0.2) is 0 Å². The van der Waals surface area contributed by atoms with E-state index in [0.717, 1.165) is 13.0 Å². The first-order valence-electron chi connectivity index (χ1n) is 4.56. The predicted molar refractivity (Wildman–Crippen MR) is 48.6 cm³/mol. The molecule has 4 nitrogen and oxygen atoms in total. The smallest absolute Gasteiger partial charge is 0.407 e. The summed E-state index contributed by atoms with van der Waals surface area (Å²) in [4.78, 5) is 11.1. The van der Waals surface area contributed by atoms with Crippen molar-refractivity contribution in [1.82, 2.24) is 5.32 Å². The number of ether oxygens (including phenoxy) is 2. The number of nitrogens with one attached hydrogen (secondary N) is 1. The summed E-state index contributed by atoms with van der Waals surface area (Å²) < 4.78 is 10.2. The quantitative estimate of drug-likeness (QED) is 0.708. The number of carbonyl (C=O) groups is 1. The standard InChI is InChI=1S/C9H17NO3/c1-9(2,3)13-8(11)10-6-7-4-5-12-7/h7H,4-6H2,1-3H3,(H,10,11)/t7-/m0/s1. The van der Waals surface area contributed by atoms with E-state index >= 15 is 0 Å². The minimum Gasteiger partial charge on any atom is -0.444 e. The van der Waals surface area contributed by atoms with Crippen LogP contribution < -0.4 is 5.32 Å². The van der Waals surface area contributed by atoms with Gasteiger partial charge in [0.2, 0.25) is 0 Å². The van der Waals surface area contributed by atoms with Crippen molar-refractivity contribution in [2.45, 2.75) is 38.9 Å². The molecule has 1 amide bonds. The van der Waals surface area contributed by atoms with E-state index in [2.05, 4.69) is 5.32 Å². The van der Waals surface area contributed by atoms with Crippen LogP contribution in [0.4, 0.5) is 4.79 Å². The number of hydrogen-bond donors (Lipinski definition) is 1. The lowest BCUT2D eigenvalue weighted by atomic mass is 10.2. The Kier molecular flexibility index (Phi) is 3.14. The van der Waals surface area contributed by atoms with Crippen molar-refractivity contribution < 1.29 is 14.3 Å². The molecule has 13 heavy (non-hydrogen) atoms. The lowest BCUT2D eigenvalue weighted by molar-refractivity contribution is -0.0492. The van der Waals surface area contributed by atoms with Gasteiger partial charge in [0.05, 0.1) is 6.10 Å². The SMILES string of the molecule is CC(C)(C)OC(=O)NC[C@@H]1CCO1. The summed E-state index contributed by atoms with van der Waals surface area (Å²) in [5.74, 6) is 0. The van der Waals surface area contributed by atoms with Crippen molar-refractivity contribution >= 4 is 6.09 Å². The number of alkyl carbamates (subject to hydrolysis) is 1. The van der Waals surface area contributed by atoms with E-state index in [-0.39, 0.29) is 12.2 Å². The second-order valence-corrected chi connectivity index (χ2v) is 4.16. The summed E-state index contributed by atoms with van der Waals surface area (Å²) in [5.41, 5.74) is -0.426. The van der Waals surface area contributed by atoms with Crippen LogP contribution in [0.3, 0.4) is 0 Å². The highest BCUT2D eigenvalue weighted by Gasteiger charge is 2.21. The molecule has 4 heteroatoms. The Balaban J connectivity index is 2.10. The second-order valence-electron chi connectivity index (χ2n) is 4.16. The maximum absolute atomic E-state index is 11.1. The van der Waals surface area contributed by atoms with Crippen molar-refractivity contribution in [1.29, 1.82) is 0 Å². The van der Waals surface area contributed by atoms with Crippen LogP contribution in [0.25, 0.3) is 0 Å². The maximum Gasteiger partial charge on any atom is 0.407 e. The maximum atomic E-state index is 11.1. The van der Waals surface area contributed by atoms with Crippen molar-refractivity contribution in [3.8, 4) is 0 Å². The van der Waals surface area contributed by atoms with Gasteiger partial charge in [0, 0.05) is 13.2 Å². The Morgan fingerprint density at radius 1 is 1.62 bits per heavy atom. The van der Waals surface area contributed by atoms with Gasteiger partial charge in [-0.05, 0) is 27.2 Å². The van der Waals surface area contributed by atoms with Crippen LogP contribution in [0, 0.1) is 0 Å². The normalized spacial score (nSPS) is 21.9. The number of carbonyl (C=O) groups excluding carboxylic acids is 1. The average molecular weight is 187 g/mol. The van der Waals surface area contributed by atoms with Gasteiger partial charge in [-0.25, -0.2) is 4.79 Å². The van der Waals surface area contributed by atoms with E-state index in [9.17, 15) is 4.79 Å². The van der Waals surface area contributed by atoms with E-state index in [1.807, 2.05) is 20.8 Å². The van der Waals surface area contributed by atoms with E-state index in [4.69, 9.17) is 9.47 Å². The fourth-order valence-electron chi connectivity index (χ4n) is 0.957. The van der Waals surface area contributed by atoms with Gasteiger partial charge in [0.15, 0.2) is 0 Å². The van der Waals surface area contributed by atoms with Gasteiger partial charge in [0.1, 0.15) is 5.60 Å². The molecule has 1 N–H and O–H groups in total. The zero-order valence-electron chi connectivity index (χ0n) is 8.42. The topological polar surface area (TPSA) is 47.6 Å². The van der Waals surface area contributed by atoms with Crippen LogP contribution in [0.1, 0.15) is 27.2 Å². The van der Waals surface area contributed by atoms with Crippen LogP contribution in [0.2, 0.25) is 0 Å². The molecule has 0 aromatic carbocycles. The third-order valence-electron chi connectivity index (χ3n) is 1.67. The summed E-state index contributed by atoms with van der Waals surface area (Å²) in [6.07, 6.45) is 0.839. The molecule has 1 heterocycles. The lowest BCUT2D eigenvalue weighted by Crippen LogP contribution is -2.41. The molecule has 1 rings (SSSR count). The highest BCUT2D eigenvalue weighted by atomic mass is 16.6. The molecule has 1 atom stereocenters.